The van der Waals surface area contributed by atoms with Crippen molar-refractivity contribution in [3.63, 3.8) is 0 Å². The lowest BCUT2D eigenvalue weighted by molar-refractivity contribution is -1.25. The molecule has 0 saturated heterocycles. The van der Waals surface area contributed by atoms with Crippen LogP contribution in [0.3, 0.4) is 0 Å². The van der Waals surface area contributed by atoms with Gasteiger partial charge in [-0.2, -0.15) is 10.4 Å². The lowest BCUT2D eigenvalue weighted by Gasteiger charge is -2.19. The quantitative estimate of drug-likeness (QED) is 0.441. The molecular weight excluding hydrogens is 190 g/mol. The van der Waals surface area contributed by atoms with Gasteiger partial charge in [0.15, 0.2) is 13.1 Å². The molecule has 0 spiro atoms. The fourth-order valence-corrected chi connectivity index (χ4v) is 1.32. The SMILES string of the molecule is C=CC[N+](O)(O)Cc1ccc(C=C)cc1. The van der Waals surface area contributed by atoms with Crippen molar-refractivity contribution in [3.8, 4) is 0 Å². The van der Waals surface area contributed by atoms with E-state index in [0.29, 0.717) is 0 Å². The van der Waals surface area contributed by atoms with Crippen LogP contribution < -0.4 is 0 Å². The number of hydroxylamine groups is 4. The molecule has 0 bridgehead atoms. The molecule has 0 saturated carbocycles. The van der Waals surface area contributed by atoms with Crippen molar-refractivity contribution in [1.29, 1.82) is 0 Å². The Kier molecular flexibility index (Phi) is 3.80. The zero-order valence-electron chi connectivity index (χ0n) is 8.63. The first-order valence-electron chi connectivity index (χ1n) is 4.72. The van der Waals surface area contributed by atoms with Gasteiger partial charge in [-0.1, -0.05) is 43.5 Å². The predicted octanol–water partition coefficient (Wildman–Crippen LogP) is 2.61. The second-order valence-electron chi connectivity index (χ2n) is 3.45. The molecule has 1 aromatic carbocycles. The molecule has 0 fully saturated rings. The fourth-order valence-electron chi connectivity index (χ4n) is 1.32. The maximum atomic E-state index is 9.50. The average molecular weight is 206 g/mol. The molecule has 0 aliphatic heterocycles. The molecular formula is C12H16NO2+. The van der Waals surface area contributed by atoms with E-state index in [2.05, 4.69) is 13.2 Å². The molecule has 0 radical (unpaired) electrons. The van der Waals surface area contributed by atoms with Crippen LogP contribution in [0.2, 0.25) is 0 Å². The van der Waals surface area contributed by atoms with E-state index in [0.717, 1.165) is 11.1 Å². The van der Waals surface area contributed by atoms with Gasteiger partial charge in [-0.05, 0) is 16.4 Å². The Hall–Kier alpha value is -1.42. The Balaban J connectivity index is 2.72. The topological polar surface area (TPSA) is 40.5 Å². The second kappa shape index (κ2) is 4.89. The molecule has 0 aliphatic rings. The van der Waals surface area contributed by atoms with E-state index >= 15 is 0 Å². The van der Waals surface area contributed by atoms with Crippen molar-refractivity contribution in [3.05, 3.63) is 54.6 Å². The molecule has 3 nitrogen and oxygen atoms in total. The van der Waals surface area contributed by atoms with E-state index in [1.54, 1.807) is 6.08 Å². The first-order valence-corrected chi connectivity index (χ1v) is 4.72. The van der Waals surface area contributed by atoms with Crippen LogP contribution >= 0.6 is 0 Å². The maximum Gasteiger partial charge on any atom is 0.167 e. The predicted molar refractivity (Wildman–Crippen MR) is 59.1 cm³/mol. The standard InChI is InChI=1S/C12H16NO2/c1-3-9-13(14,15)10-12-7-5-11(4-2)6-8-12/h3-8,14-15H,1-2,9-10H2/q+1. The van der Waals surface area contributed by atoms with Gasteiger partial charge in [-0.15, -0.1) is 0 Å². The molecule has 0 heterocycles. The van der Waals surface area contributed by atoms with Crippen LogP contribution in [-0.2, 0) is 6.54 Å². The number of hydrogen-bond donors (Lipinski definition) is 2. The maximum absolute atomic E-state index is 9.50. The van der Waals surface area contributed by atoms with Gasteiger partial charge < -0.3 is 0 Å². The molecule has 0 atom stereocenters. The van der Waals surface area contributed by atoms with Gasteiger partial charge in [0.05, 0.1) is 0 Å². The van der Waals surface area contributed by atoms with Crippen molar-refractivity contribution in [1.82, 2.24) is 0 Å². The lowest BCUT2D eigenvalue weighted by Crippen LogP contribution is -2.40. The average Bonchev–Trinajstić information content (AvgIpc) is 2.18. The highest BCUT2D eigenvalue weighted by Crippen LogP contribution is 2.10. The van der Waals surface area contributed by atoms with Crippen LogP contribution in [0.25, 0.3) is 6.08 Å². The van der Waals surface area contributed by atoms with Gasteiger partial charge in [0.25, 0.3) is 0 Å². The van der Waals surface area contributed by atoms with Gasteiger partial charge in [0, 0.05) is 5.56 Å². The summed E-state index contributed by atoms with van der Waals surface area (Å²) < 4.78 is 0. The molecule has 1 aromatic rings. The molecule has 15 heavy (non-hydrogen) atoms. The zero-order chi connectivity index (χ0) is 11.3. The Morgan fingerprint density at radius 2 is 1.73 bits per heavy atom. The lowest BCUT2D eigenvalue weighted by atomic mass is 10.1. The molecule has 0 aromatic heterocycles. The molecule has 0 unspecified atom stereocenters. The van der Waals surface area contributed by atoms with Crippen LogP contribution in [0, 0.1) is 0 Å². The van der Waals surface area contributed by atoms with Crippen molar-refractivity contribution in [2.75, 3.05) is 6.54 Å². The van der Waals surface area contributed by atoms with Crippen molar-refractivity contribution < 1.29 is 15.2 Å². The second-order valence-corrected chi connectivity index (χ2v) is 3.45. The first-order chi connectivity index (χ1) is 7.07. The van der Waals surface area contributed by atoms with Gasteiger partial charge in [-0.25, -0.2) is 0 Å². The smallest absolute Gasteiger partial charge is 0.167 e. The van der Waals surface area contributed by atoms with E-state index < -0.39 is 4.81 Å². The highest BCUT2D eigenvalue weighted by atomic mass is 16.8. The molecule has 0 amide bonds. The van der Waals surface area contributed by atoms with Crippen LogP contribution in [0.4, 0.5) is 0 Å². The summed E-state index contributed by atoms with van der Waals surface area (Å²) >= 11 is 0. The summed E-state index contributed by atoms with van der Waals surface area (Å²) in [5.74, 6) is 0. The summed E-state index contributed by atoms with van der Waals surface area (Å²) in [7, 11) is 0. The summed E-state index contributed by atoms with van der Waals surface area (Å²) in [5.41, 5.74) is 1.86. The molecule has 3 heteroatoms. The third kappa shape index (κ3) is 3.67. The van der Waals surface area contributed by atoms with Crippen molar-refractivity contribution >= 4 is 6.08 Å². The zero-order valence-corrected chi connectivity index (χ0v) is 8.63. The molecule has 1 rings (SSSR count). The van der Waals surface area contributed by atoms with Gasteiger partial charge in [0.2, 0.25) is 0 Å². The summed E-state index contributed by atoms with van der Waals surface area (Å²) in [6.45, 7) is 7.36. The number of quaternary nitrogens is 1. The summed E-state index contributed by atoms with van der Waals surface area (Å²) in [5, 5.41) is 19.0. The van der Waals surface area contributed by atoms with E-state index in [9.17, 15) is 10.4 Å². The van der Waals surface area contributed by atoms with E-state index in [1.807, 2.05) is 24.3 Å². The minimum atomic E-state index is -1.06. The van der Waals surface area contributed by atoms with Gasteiger partial charge >= 0.3 is 0 Å². The third-order valence-electron chi connectivity index (χ3n) is 2.07. The normalized spacial score (nSPS) is 11.1. The number of benzene rings is 1. The summed E-state index contributed by atoms with van der Waals surface area (Å²) in [4.78, 5) is -1.06. The molecule has 80 valence electrons. The highest BCUT2D eigenvalue weighted by molar-refractivity contribution is 5.47. The Morgan fingerprint density at radius 1 is 1.13 bits per heavy atom. The van der Waals surface area contributed by atoms with Gasteiger partial charge in [-0.3, -0.25) is 0 Å². The Labute approximate surface area is 89.7 Å². The third-order valence-corrected chi connectivity index (χ3v) is 2.07. The fraction of sp³-hybridized carbons (Fsp3) is 0.167. The summed E-state index contributed by atoms with van der Waals surface area (Å²) in [6, 6.07) is 7.46. The van der Waals surface area contributed by atoms with Crippen LogP contribution in [-0.4, -0.2) is 21.8 Å². The Morgan fingerprint density at radius 3 is 2.20 bits per heavy atom. The van der Waals surface area contributed by atoms with E-state index in [1.165, 1.54) is 6.08 Å². The number of nitrogens with zero attached hydrogens (tertiary/aromatic N) is 1. The van der Waals surface area contributed by atoms with Crippen LogP contribution in [0.5, 0.6) is 0 Å². The Bertz CT molecular complexity index is 341. The minimum Gasteiger partial charge on any atom is -0.182 e. The van der Waals surface area contributed by atoms with Crippen molar-refractivity contribution in [2.24, 2.45) is 0 Å². The van der Waals surface area contributed by atoms with Crippen LogP contribution in [0.15, 0.2) is 43.5 Å². The largest absolute Gasteiger partial charge is 0.182 e. The first kappa shape index (κ1) is 11.7. The van der Waals surface area contributed by atoms with Gasteiger partial charge in [0.1, 0.15) is 0 Å². The van der Waals surface area contributed by atoms with Crippen LogP contribution in [0.1, 0.15) is 11.1 Å². The van der Waals surface area contributed by atoms with Crippen molar-refractivity contribution in [2.45, 2.75) is 6.54 Å². The highest BCUT2D eigenvalue weighted by Gasteiger charge is 2.20. The van der Waals surface area contributed by atoms with E-state index in [4.69, 9.17) is 0 Å². The minimum absolute atomic E-state index is 0.100. The monoisotopic (exact) mass is 206 g/mol. The number of hydrogen-bond acceptors (Lipinski definition) is 2. The molecule has 0 aliphatic carbocycles. The number of rotatable bonds is 5. The molecule has 2 N–H and O–H groups in total. The summed E-state index contributed by atoms with van der Waals surface area (Å²) in [6.07, 6.45) is 3.21. The van der Waals surface area contributed by atoms with E-state index in [-0.39, 0.29) is 13.1 Å².